The number of nitrogens with one attached hydrogen (secondary N) is 1. The van der Waals surface area contributed by atoms with Crippen LogP contribution in [0.1, 0.15) is 20.8 Å². The van der Waals surface area contributed by atoms with Gasteiger partial charge in [-0.2, -0.15) is 0 Å². The second-order valence-corrected chi connectivity index (χ2v) is 6.25. The SMILES string of the molecule is CC(=O)O.CC(=O)O.CC(=O)O.NCCNO.O=C(O)CN(CCN(CC(=O)O)CC(=O)O)CC(=O)O. The van der Waals surface area contributed by atoms with Crippen molar-refractivity contribution in [1.82, 2.24) is 15.3 Å². The number of hydroxylamine groups is 1. The van der Waals surface area contributed by atoms with E-state index in [4.69, 9.17) is 61.1 Å². The van der Waals surface area contributed by atoms with Gasteiger partial charge in [-0.05, 0) is 0 Å². The Morgan fingerprint density at radius 2 is 0.757 bits per heavy atom. The van der Waals surface area contributed by atoms with Gasteiger partial charge in [0.05, 0.1) is 26.2 Å². The van der Waals surface area contributed by atoms with Gasteiger partial charge in [-0.15, -0.1) is 0 Å². The Balaban J connectivity index is -0.000000162. The fraction of sp³-hybridized carbons (Fsp3) is 0.611. The maximum absolute atomic E-state index is 10.6. The van der Waals surface area contributed by atoms with Crippen molar-refractivity contribution in [3.8, 4) is 0 Å². The summed E-state index contributed by atoms with van der Waals surface area (Å²) in [6.45, 7) is 1.95. The van der Waals surface area contributed by atoms with Crippen LogP contribution in [-0.4, -0.2) is 145 Å². The maximum atomic E-state index is 10.6. The molecule has 0 bridgehead atoms. The molecule has 0 aliphatic rings. The van der Waals surface area contributed by atoms with Crippen LogP contribution in [-0.2, 0) is 33.6 Å². The largest absolute Gasteiger partial charge is 0.481 e. The molecule has 0 rings (SSSR count). The normalized spacial score (nSPS) is 8.95. The number of rotatable bonds is 13. The monoisotopic (exact) mass is 548 g/mol. The van der Waals surface area contributed by atoms with Crippen molar-refractivity contribution in [2.75, 3.05) is 52.4 Å². The third kappa shape index (κ3) is 79.7. The van der Waals surface area contributed by atoms with Crippen molar-refractivity contribution in [2.45, 2.75) is 20.8 Å². The van der Waals surface area contributed by atoms with E-state index in [0.29, 0.717) is 13.1 Å². The quantitative estimate of drug-likeness (QED) is 0.103. The molecular formula is C18H36N4O15. The zero-order valence-electron chi connectivity index (χ0n) is 20.6. The Labute approximate surface area is 211 Å². The first kappa shape index (κ1) is 43.2. The number of carboxylic acids is 7. The molecule has 19 nitrogen and oxygen atoms in total. The van der Waals surface area contributed by atoms with Gasteiger partial charge in [0, 0.05) is 47.0 Å². The minimum Gasteiger partial charge on any atom is -0.481 e. The molecule has 0 aliphatic heterocycles. The number of carboxylic acid groups (broad SMARTS) is 7. The van der Waals surface area contributed by atoms with Crippen LogP contribution in [0.15, 0.2) is 0 Å². The average Bonchev–Trinajstić information content (AvgIpc) is 2.64. The lowest BCUT2D eigenvalue weighted by Crippen LogP contribution is -2.43. The number of carbonyl (C=O) groups is 7. The predicted octanol–water partition coefficient (Wildman–Crippen LogP) is -2.87. The molecule has 0 aromatic rings. The third-order valence-corrected chi connectivity index (χ3v) is 2.42. The molecule has 218 valence electrons. The van der Waals surface area contributed by atoms with Crippen molar-refractivity contribution in [1.29, 1.82) is 0 Å². The molecule has 19 heteroatoms. The fourth-order valence-electron chi connectivity index (χ4n) is 1.54. The molecule has 0 radical (unpaired) electrons. The van der Waals surface area contributed by atoms with E-state index in [9.17, 15) is 19.2 Å². The van der Waals surface area contributed by atoms with Crippen molar-refractivity contribution >= 4 is 41.8 Å². The van der Waals surface area contributed by atoms with E-state index in [1.807, 2.05) is 5.48 Å². The van der Waals surface area contributed by atoms with Gasteiger partial charge in [-0.25, -0.2) is 5.48 Å². The molecule has 0 spiro atoms. The first-order chi connectivity index (χ1) is 16.8. The van der Waals surface area contributed by atoms with Gasteiger partial charge < -0.3 is 46.7 Å². The minimum atomic E-state index is -1.23. The minimum absolute atomic E-state index is 0.0703. The molecule has 11 N–H and O–H groups in total. The molecule has 0 amide bonds. The van der Waals surface area contributed by atoms with Crippen LogP contribution in [0.3, 0.4) is 0 Å². The molecule has 0 atom stereocenters. The summed E-state index contributed by atoms with van der Waals surface area (Å²) in [5, 5.41) is 64.5. The number of nitrogens with two attached hydrogens (primary N) is 1. The highest BCUT2D eigenvalue weighted by Gasteiger charge is 2.17. The van der Waals surface area contributed by atoms with E-state index < -0.39 is 68.0 Å². The van der Waals surface area contributed by atoms with Crippen molar-refractivity contribution < 1.29 is 74.5 Å². The lowest BCUT2D eigenvalue weighted by atomic mass is 10.4. The zero-order valence-corrected chi connectivity index (χ0v) is 20.6. The van der Waals surface area contributed by atoms with Gasteiger partial charge in [-0.3, -0.25) is 43.4 Å². The molecule has 0 aliphatic carbocycles. The van der Waals surface area contributed by atoms with Crippen LogP contribution in [0.25, 0.3) is 0 Å². The Bertz CT molecular complexity index is 578. The van der Waals surface area contributed by atoms with E-state index >= 15 is 0 Å². The highest BCUT2D eigenvalue weighted by Crippen LogP contribution is 1.94. The number of hydrogen-bond donors (Lipinski definition) is 10. The summed E-state index contributed by atoms with van der Waals surface area (Å²) in [7, 11) is 0. The Kier molecular flexibility index (Phi) is 35.2. The molecular weight excluding hydrogens is 512 g/mol. The summed E-state index contributed by atoms with van der Waals surface area (Å²) in [4.78, 5) is 71.4. The van der Waals surface area contributed by atoms with E-state index in [1.165, 1.54) is 0 Å². The molecule has 37 heavy (non-hydrogen) atoms. The van der Waals surface area contributed by atoms with Crippen molar-refractivity contribution in [2.24, 2.45) is 5.73 Å². The summed E-state index contributed by atoms with van der Waals surface area (Å²) < 4.78 is 0. The summed E-state index contributed by atoms with van der Waals surface area (Å²) in [5.74, 6) is -7.41. The van der Waals surface area contributed by atoms with Crippen molar-refractivity contribution in [3.63, 3.8) is 0 Å². The van der Waals surface area contributed by atoms with Crippen LogP contribution >= 0.6 is 0 Å². The van der Waals surface area contributed by atoms with Gasteiger partial charge in [0.2, 0.25) is 0 Å². The first-order valence-corrected chi connectivity index (χ1v) is 9.79. The molecule has 0 fully saturated rings. The van der Waals surface area contributed by atoms with Gasteiger partial charge in [-0.1, -0.05) is 0 Å². The second-order valence-electron chi connectivity index (χ2n) is 6.25. The summed E-state index contributed by atoms with van der Waals surface area (Å²) in [6, 6.07) is 0. The van der Waals surface area contributed by atoms with E-state index in [2.05, 4.69) is 0 Å². The van der Waals surface area contributed by atoms with Crippen LogP contribution < -0.4 is 11.2 Å². The molecule has 0 aromatic heterocycles. The molecule has 0 saturated heterocycles. The van der Waals surface area contributed by atoms with E-state index in [0.717, 1.165) is 30.6 Å². The van der Waals surface area contributed by atoms with Gasteiger partial charge in [0.1, 0.15) is 0 Å². The number of aliphatic carboxylic acids is 7. The Morgan fingerprint density at radius 1 is 0.568 bits per heavy atom. The smallest absolute Gasteiger partial charge is 0.317 e. The predicted molar refractivity (Wildman–Crippen MR) is 122 cm³/mol. The van der Waals surface area contributed by atoms with Gasteiger partial charge >= 0.3 is 23.9 Å². The van der Waals surface area contributed by atoms with Crippen LogP contribution in [0, 0.1) is 0 Å². The highest BCUT2D eigenvalue weighted by molar-refractivity contribution is 5.73. The fourth-order valence-corrected chi connectivity index (χ4v) is 1.54. The van der Waals surface area contributed by atoms with Gasteiger partial charge in [0.25, 0.3) is 17.9 Å². The lowest BCUT2D eigenvalue weighted by Gasteiger charge is -2.23. The van der Waals surface area contributed by atoms with Crippen LogP contribution in [0.5, 0.6) is 0 Å². The first-order valence-electron chi connectivity index (χ1n) is 9.79. The van der Waals surface area contributed by atoms with E-state index in [1.54, 1.807) is 0 Å². The molecule has 0 heterocycles. The number of nitrogens with zero attached hydrogens (tertiary/aromatic N) is 2. The summed E-state index contributed by atoms with van der Waals surface area (Å²) in [6.07, 6.45) is 0. The van der Waals surface area contributed by atoms with Crippen molar-refractivity contribution in [3.05, 3.63) is 0 Å². The summed E-state index contributed by atoms with van der Waals surface area (Å²) >= 11 is 0. The zero-order chi connectivity index (χ0) is 30.6. The van der Waals surface area contributed by atoms with Crippen LogP contribution in [0.4, 0.5) is 0 Å². The van der Waals surface area contributed by atoms with Crippen LogP contribution in [0.2, 0.25) is 0 Å². The standard InChI is InChI=1S/C10H16N2O8.C2H8N2O.3C2H4O2/c13-7(14)3-11(4-8(15)16)1-2-12(5-9(17)18)6-10(19)20;3-1-2-4-5;3*1-2(3)4/h1-6H2,(H,13,14)(H,15,16)(H,17,18)(H,19,20);4-5H,1-3H2;3*1H3,(H,3,4). The Hall–Kier alpha value is -3.91. The molecule has 0 saturated carbocycles. The topological polar surface area (TPSA) is 326 Å². The number of hydrogen-bond acceptors (Lipinski definition) is 12. The lowest BCUT2D eigenvalue weighted by molar-refractivity contribution is -0.145. The highest BCUT2D eigenvalue weighted by atomic mass is 16.5. The third-order valence-electron chi connectivity index (χ3n) is 2.42. The van der Waals surface area contributed by atoms with Gasteiger partial charge in [0.15, 0.2) is 0 Å². The average molecular weight is 548 g/mol. The van der Waals surface area contributed by atoms with E-state index in [-0.39, 0.29) is 13.1 Å². The summed E-state index contributed by atoms with van der Waals surface area (Å²) in [5.41, 5.74) is 6.81. The molecule has 0 aromatic carbocycles. The Morgan fingerprint density at radius 3 is 0.838 bits per heavy atom. The second kappa shape index (κ2) is 30.1. The molecule has 0 unspecified atom stereocenters. The maximum Gasteiger partial charge on any atom is 0.317 e.